The third-order valence-corrected chi connectivity index (χ3v) is 3.20. The van der Waals surface area contributed by atoms with E-state index in [1.54, 1.807) is 0 Å². The zero-order chi connectivity index (χ0) is 12.0. The Labute approximate surface area is 99.7 Å². The van der Waals surface area contributed by atoms with Gasteiger partial charge in [-0.05, 0) is 26.2 Å². The van der Waals surface area contributed by atoms with E-state index in [0.29, 0.717) is 0 Å². The summed E-state index contributed by atoms with van der Waals surface area (Å²) in [6.07, 6.45) is 0. The first-order valence-electron chi connectivity index (χ1n) is 6.01. The van der Waals surface area contributed by atoms with Gasteiger partial charge in [-0.25, -0.2) is 0 Å². The van der Waals surface area contributed by atoms with Crippen molar-refractivity contribution in [2.24, 2.45) is 0 Å². The van der Waals surface area contributed by atoms with Crippen LogP contribution in [0.5, 0.6) is 0 Å². The van der Waals surface area contributed by atoms with Crippen molar-refractivity contribution >= 4 is 0 Å². The average Bonchev–Trinajstić information content (AvgIpc) is 2.30. The molecule has 0 bridgehead atoms. The number of hydrogen-bond donors (Lipinski definition) is 1. The van der Waals surface area contributed by atoms with Crippen LogP contribution in [-0.4, -0.2) is 38.6 Å². The van der Waals surface area contributed by atoms with E-state index in [1.807, 2.05) is 7.05 Å². The van der Waals surface area contributed by atoms with Crippen molar-refractivity contribution in [1.29, 1.82) is 0 Å². The summed E-state index contributed by atoms with van der Waals surface area (Å²) < 4.78 is 0. The molecule has 0 spiro atoms. The van der Waals surface area contributed by atoms with Crippen LogP contribution >= 0.6 is 0 Å². The van der Waals surface area contributed by atoms with Crippen LogP contribution < -0.4 is 5.32 Å². The molecule has 1 N–H and O–H groups in total. The molecule has 0 radical (unpaired) electrons. The molecule has 0 aliphatic rings. The van der Waals surface area contributed by atoms with Crippen LogP contribution in [0, 0.1) is 0 Å². The van der Waals surface area contributed by atoms with Crippen molar-refractivity contribution in [2.45, 2.75) is 19.3 Å². The second-order valence-electron chi connectivity index (χ2n) is 4.79. The highest BCUT2D eigenvalue weighted by Crippen LogP contribution is 2.23. The number of nitrogens with one attached hydrogen (secondary N) is 1. The first-order chi connectivity index (χ1) is 7.62. The molecule has 2 nitrogen and oxygen atoms in total. The molecule has 0 amide bonds. The molecular formula is C14H24N2. The van der Waals surface area contributed by atoms with E-state index in [4.69, 9.17) is 0 Å². The zero-order valence-corrected chi connectivity index (χ0v) is 11.0. The Balaban J connectivity index is 2.88. The first kappa shape index (κ1) is 13.2. The molecule has 1 unspecified atom stereocenters. The average molecular weight is 220 g/mol. The molecule has 90 valence electrons. The van der Waals surface area contributed by atoms with Gasteiger partial charge in [-0.3, -0.25) is 0 Å². The Kier molecular flexibility index (Phi) is 4.97. The van der Waals surface area contributed by atoms with E-state index >= 15 is 0 Å². The van der Waals surface area contributed by atoms with Gasteiger partial charge in [0.25, 0.3) is 0 Å². The van der Waals surface area contributed by atoms with Crippen LogP contribution in [0.1, 0.15) is 19.4 Å². The van der Waals surface area contributed by atoms with Crippen LogP contribution in [0.25, 0.3) is 0 Å². The summed E-state index contributed by atoms with van der Waals surface area (Å²) in [5.41, 5.74) is 1.59. The smallest absolute Gasteiger partial charge is 0.0176 e. The number of likely N-dealkylation sites (N-methyl/N-ethyl adjacent to an activating group) is 2. The summed E-state index contributed by atoms with van der Waals surface area (Å²) in [5.74, 6) is 0. The summed E-state index contributed by atoms with van der Waals surface area (Å²) in [4.78, 5) is 2.37. The molecule has 0 aliphatic carbocycles. The molecule has 0 heterocycles. The molecule has 0 saturated carbocycles. The molecule has 1 aromatic rings. The Morgan fingerprint density at radius 3 is 2.38 bits per heavy atom. The van der Waals surface area contributed by atoms with Crippen LogP contribution in [-0.2, 0) is 5.41 Å². The number of rotatable bonds is 6. The highest BCUT2D eigenvalue weighted by Gasteiger charge is 2.26. The van der Waals surface area contributed by atoms with Crippen molar-refractivity contribution in [3.05, 3.63) is 35.9 Å². The lowest BCUT2D eigenvalue weighted by Crippen LogP contribution is -2.43. The molecule has 1 rings (SSSR count). The SMILES string of the molecule is CCN(C)CC(C)(CNC)c1ccccc1. The second kappa shape index (κ2) is 6.02. The van der Waals surface area contributed by atoms with Gasteiger partial charge in [-0.15, -0.1) is 0 Å². The Hall–Kier alpha value is -0.860. The maximum absolute atomic E-state index is 3.31. The van der Waals surface area contributed by atoms with Crippen molar-refractivity contribution in [3.8, 4) is 0 Å². The first-order valence-corrected chi connectivity index (χ1v) is 6.01. The summed E-state index contributed by atoms with van der Waals surface area (Å²) in [7, 11) is 4.20. The highest BCUT2D eigenvalue weighted by atomic mass is 15.1. The minimum absolute atomic E-state index is 0.181. The quantitative estimate of drug-likeness (QED) is 0.790. The van der Waals surface area contributed by atoms with E-state index in [1.165, 1.54) is 5.56 Å². The van der Waals surface area contributed by atoms with E-state index in [9.17, 15) is 0 Å². The van der Waals surface area contributed by atoms with E-state index in [0.717, 1.165) is 19.6 Å². The normalized spacial score (nSPS) is 15.1. The van der Waals surface area contributed by atoms with Crippen LogP contribution in [0.2, 0.25) is 0 Å². The third-order valence-electron chi connectivity index (χ3n) is 3.20. The fourth-order valence-electron chi connectivity index (χ4n) is 2.19. The lowest BCUT2D eigenvalue weighted by Gasteiger charge is -2.34. The topological polar surface area (TPSA) is 15.3 Å². The van der Waals surface area contributed by atoms with Crippen LogP contribution in [0.4, 0.5) is 0 Å². The van der Waals surface area contributed by atoms with Gasteiger partial charge in [-0.2, -0.15) is 0 Å². The van der Waals surface area contributed by atoms with Crippen molar-refractivity contribution in [2.75, 3.05) is 33.7 Å². The molecule has 2 heteroatoms. The fraction of sp³-hybridized carbons (Fsp3) is 0.571. The summed E-state index contributed by atoms with van der Waals surface area (Å²) in [5, 5.41) is 3.31. The molecule has 0 aromatic heterocycles. The lowest BCUT2D eigenvalue weighted by molar-refractivity contribution is 0.262. The van der Waals surface area contributed by atoms with Gasteiger partial charge in [0, 0.05) is 18.5 Å². The Morgan fingerprint density at radius 1 is 1.25 bits per heavy atom. The second-order valence-corrected chi connectivity index (χ2v) is 4.79. The standard InChI is InChI=1S/C14H24N2/c1-5-16(4)12-14(2,11-15-3)13-9-7-6-8-10-13/h6-10,15H,5,11-12H2,1-4H3. The molecule has 0 saturated heterocycles. The van der Waals surface area contributed by atoms with Gasteiger partial charge < -0.3 is 10.2 Å². The minimum Gasteiger partial charge on any atom is -0.319 e. The summed E-state index contributed by atoms with van der Waals surface area (Å²) in [6.45, 7) is 7.69. The van der Waals surface area contributed by atoms with E-state index in [-0.39, 0.29) is 5.41 Å². The van der Waals surface area contributed by atoms with E-state index < -0.39 is 0 Å². The molecule has 16 heavy (non-hydrogen) atoms. The van der Waals surface area contributed by atoms with Crippen LogP contribution in [0.15, 0.2) is 30.3 Å². The fourth-order valence-corrected chi connectivity index (χ4v) is 2.19. The van der Waals surface area contributed by atoms with Gasteiger partial charge >= 0.3 is 0 Å². The lowest BCUT2D eigenvalue weighted by atomic mass is 9.82. The maximum Gasteiger partial charge on any atom is 0.0176 e. The predicted octanol–water partition coefficient (Wildman–Crippen LogP) is 2.12. The van der Waals surface area contributed by atoms with E-state index in [2.05, 4.69) is 61.4 Å². The highest BCUT2D eigenvalue weighted by molar-refractivity contribution is 5.25. The molecular weight excluding hydrogens is 196 g/mol. The largest absolute Gasteiger partial charge is 0.319 e. The predicted molar refractivity (Wildman–Crippen MR) is 70.9 cm³/mol. The third kappa shape index (κ3) is 3.32. The van der Waals surface area contributed by atoms with Crippen LogP contribution in [0.3, 0.4) is 0 Å². The Bertz CT molecular complexity index is 297. The molecule has 1 atom stereocenters. The van der Waals surface area contributed by atoms with Gasteiger partial charge in [0.15, 0.2) is 0 Å². The molecule has 1 aromatic carbocycles. The maximum atomic E-state index is 3.31. The van der Waals surface area contributed by atoms with Gasteiger partial charge in [0.2, 0.25) is 0 Å². The summed E-state index contributed by atoms with van der Waals surface area (Å²) in [6, 6.07) is 10.8. The number of nitrogens with zero attached hydrogens (tertiary/aromatic N) is 1. The van der Waals surface area contributed by atoms with Gasteiger partial charge in [0.05, 0.1) is 0 Å². The number of benzene rings is 1. The number of hydrogen-bond acceptors (Lipinski definition) is 2. The van der Waals surface area contributed by atoms with Crippen molar-refractivity contribution in [1.82, 2.24) is 10.2 Å². The van der Waals surface area contributed by atoms with Gasteiger partial charge in [0.1, 0.15) is 0 Å². The van der Waals surface area contributed by atoms with Gasteiger partial charge in [-0.1, -0.05) is 44.2 Å². The molecule has 0 aliphatic heterocycles. The Morgan fingerprint density at radius 2 is 1.88 bits per heavy atom. The van der Waals surface area contributed by atoms with Crippen molar-refractivity contribution < 1.29 is 0 Å². The monoisotopic (exact) mass is 220 g/mol. The zero-order valence-electron chi connectivity index (χ0n) is 11.0. The van der Waals surface area contributed by atoms with Crippen molar-refractivity contribution in [3.63, 3.8) is 0 Å². The minimum atomic E-state index is 0.181. The molecule has 0 fully saturated rings. The summed E-state index contributed by atoms with van der Waals surface area (Å²) >= 11 is 0.